The normalized spacial score (nSPS) is 13.9. The van der Waals surface area contributed by atoms with E-state index in [1.54, 1.807) is 36.4 Å². The fraction of sp³-hybridized carbons (Fsp3) is 0.0667. The fourth-order valence-corrected chi connectivity index (χ4v) is 2.19. The second kappa shape index (κ2) is 4.92. The number of rotatable bonds is 3. The second-order valence-corrected chi connectivity index (χ2v) is 4.34. The molecule has 0 radical (unpaired) electrons. The van der Waals surface area contributed by atoms with Gasteiger partial charge in [0, 0.05) is 16.1 Å². The van der Waals surface area contributed by atoms with Crippen molar-refractivity contribution in [3.63, 3.8) is 0 Å². The minimum Gasteiger partial charge on any atom is -0.377 e. The molecule has 0 saturated carbocycles. The van der Waals surface area contributed by atoms with Crippen molar-refractivity contribution >= 4 is 11.6 Å². The summed E-state index contributed by atoms with van der Waals surface area (Å²) in [6.45, 7) is 3.59. The average molecular weight is 263 g/mol. The molecule has 1 nitrogen and oxygen atoms in total. The van der Waals surface area contributed by atoms with Crippen LogP contribution >= 0.6 is 11.6 Å². The summed E-state index contributed by atoms with van der Waals surface area (Å²) < 4.78 is 13.8. The topological polar surface area (TPSA) is 20.2 Å². The quantitative estimate of drug-likeness (QED) is 0.832. The van der Waals surface area contributed by atoms with Crippen LogP contribution in [-0.4, -0.2) is 5.11 Å². The van der Waals surface area contributed by atoms with Crippen molar-refractivity contribution in [3.8, 4) is 0 Å². The molecular formula is C15H12ClFO. The predicted molar refractivity (Wildman–Crippen MR) is 71.0 cm³/mol. The Kier molecular flexibility index (Phi) is 3.50. The summed E-state index contributed by atoms with van der Waals surface area (Å²) in [4.78, 5) is 0. The van der Waals surface area contributed by atoms with Crippen LogP contribution in [0, 0.1) is 5.82 Å². The Morgan fingerprint density at radius 3 is 2.17 bits per heavy atom. The maximum Gasteiger partial charge on any atom is 0.137 e. The molecule has 0 saturated heterocycles. The van der Waals surface area contributed by atoms with E-state index in [4.69, 9.17) is 11.6 Å². The number of hydrogen-bond donors (Lipinski definition) is 1. The zero-order valence-electron chi connectivity index (χ0n) is 9.61. The van der Waals surface area contributed by atoms with Crippen molar-refractivity contribution in [1.82, 2.24) is 0 Å². The molecule has 0 aliphatic carbocycles. The molecule has 2 aromatic rings. The van der Waals surface area contributed by atoms with E-state index in [0.717, 1.165) is 0 Å². The van der Waals surface area contributed by atoms with E-state index >= 15 is 0 Å². The van der Waals surface area contributed by atoms with Gasteiger partial charge in [-0.2, -0.15) is 0 Å². The first-order valence-corrected chi connectivity index (χ1v) is 5.83. The largest absolute Gasteiger partial charge is 0.377 e. The van der Waals surface area contributed by atoms with Gasteiger partial charge >= 0.3 is 0 Å². The summed E-state index contributed by atoms with van der Waals surface area (Å²) >= 11 is 6.06. The monoisotopic (exact) mass is 262 g/mol. The fourth-order valence-electron chi connectivity index (χ4n) is 1.91. The summed E-state index contributed by atoms with van der Waals surface area (Å²) in [6, 6.07) is 12.8. The first kappa shape index (κ1) is 12.8. The van der Waals surface area contributed by atoms with E-state index in [9.17, 15) is 9.50 Å². The Morgan fingerprint density at radius 2 is 1.61 bits per heavy atom. The van der Waals surface area contributed by atoms with Crippen molar-refractivity contribution in [2.75, 3.05) is 0 Å². The van der Waals surface area contributed by atoms with Crippen molar-refractivity contribution in [1.29, 1.82) is 0 Å². The lowest BCUT2D eigenvalue weighted by Gasteiger charge is -2.26. The van der Waals surface area contributed by atoms with E-state index in [2.05, 4.69) is 6.58 Å². The van der Waals surface area contributed by atoms with Gasteiger partial charge in [0.1, 0.15) is 11.4 Å². The molecule has 1 unspecified atom stereocenters. The Hall–Kier alpha value is -1.64. The standard InChI is InChI=1S/C15H12ClFO/c1-2-15(18,11-7-3-5-9-13(11)16)12-8-4-6-10-14(12)17/h2-10,18H,1H2. The first-order chi connectivity index (χ1) is 8.59. The number of benzene rings is 2. The van der Waals surface area contributed by atoms with Gasteiger partial charge in [0.05, 0.1) is 0 Å². The summed E-state index contributed by atoms with van der Waals surface area (Å²) in [5.41, 5.74) is -1.09. The van der Waals surface area contributed by atoms with E-state index in [-0.39, 0.29) is 5.56 Å². The van der Waals surface area contributed by atoms with Crippen LogP contribution in [0.1, 0.15) is 11.1 Å². The molecule has 1 atom stereocenters. The minimum absolute atomic E-state index is 0.133. The third-order valence-corrected chi connectivity index (χ3v) is 3.19. The third kappa shape index (κ3) is 2.05. The molecule has 2 rings (SSSR count). The maximum atomic E-state index is 13.8. The summed E-state index contributed by atoms with van der Waals surface area (Å²) in [5.74, 6) is -0.500. The second-order valence-electron chi connectivity index (χ2n) is 3.93. The van der Waals surface area contributed by atoms with Gasteiger partial charge < -0.3 is 5.11 Å². The Morgan fingerprint density at radius 1 is 1.06 bits per heavy atom. The van der Waals surface area contributed by atoms with Crippen LogP contribution in [0.2, 0.25) is 5.02 Å². The van der Waals surface area contributed by atoms with Crippen molar-refractivity contribution in [3.05, 3.63) is 83.2 Å². The lowest BCUT2D eigenvalue weighted by Crippen LogP contribution is -2.26. The molecule has 0 aliphatic heterocycles. The van der Waals surface area contributed by atoms with Crippen molar-refractivity contribution < 1.29 is 9.50 Å². The smallest absolute Gasteiger partial charge is 0.137 e. The van der Waals surface area contributed by atoms with Gasteiger partial charge in [0.15, 0.2) is 0 Å². The average Bonchev–Trinajstić information content (AvgIpc) is 2.39. The van der Waals surface area contributed by atoms with Gasteiger partial charge in [0.2, 0.25) is 0 Å². The number of halogens is 2. The lowest BCUT2D eigenvalue weighted by atomic mass is 9.86. The molecule has 3 heteroatoms. The van der Waals surface area contributed by atoms with Crippen LogP contribution < -0.4 is 0 Å². The van der Waals surface area contributed by atoms with Gasteiger partial charge in [-0.15, -0.1) is 0 Å². The molecule has 1 N–H and O–H groups in total. The van der Waals surface area contributed by atoms with Crippen LogP contribution in [0.15, 0.2) is 61.2 Å². The van der Waals surface area contributed by atoms with Crippen LogP contribution in [-0.2, 0) is 5.60 Å². The molecule has 2 aromatic carbocycles. The zero-order valence-corrected chi connectivity index (χ0v) is 10.4. The van der Waals surface area contributed by atoms with Gasteiger partial charge in [0.25, 0.3) is 0 Å². The van der Waals surface area contributed by atoms with Crippen molar-refractivity contribution in [2.24, 2.45) is 0 Å². The molecular weight excluding hydrogens is 251 g/mol. The molecule has 0 spiro atoms. The highest BCUT2D eigenvalue weighted by Crippen LogP contribution is 2.36. The summed E-state index contributed by atoms with van der Waals surface area (Å²) in [5, 5.41) is 11.0. The Balaban J connectivity index is 2.67. The van der Waals surface area contributed by atoms with Crippen LogP contribution in [0.3, 0.4) is 0 Å². The van der Waals surface area contributed by atoms with E-state index in [0.29, 0.717) is 10.6 Å². The highest BCUT2D eigenvalue weighted by atomic mass is 35.5. The highest BCUT2D eigenvalue weighted by molar-refractivity contribution is 6.31. The van der Waals surface area contributed by atoms with Gasteiger partial charge in [-0.1, -0.05) is 60.7 Å². The van der Waals surface area contributed by atoms with Crippen LogP contribution in [0.5, 0.6) is 0 Å². The van der Waals surface area contributed by atoms with E-state index < -0.39 is 11.4 Å². The molecule has 92 valence electrons. The molecule has 0 amide bonds. The van der Waals surface area contributed by atoms with E-state index in [1.165, 1.54) is 18.2 Å². The number of hydrogen-bond acceptors (Lipinski definition) is 1. The molecule has 0 heterocycles. The van der Waals surface area contributed by atoms with Gasteiger partial charge in [-0.25, -0.2) is 4.39 Å². The molecule has 0 bridgehead atoms. The van der Waals surface area contributed by atoms with Crippen molar-refractivity contribution in [2.45, 2.75) is 5.60 Å². The molecule has 0 fully saturated rings. The SMILES string of the molecule is C=CC(O)(c1ccccc1F)c1ccccc1Cl. The zero-order chi connectivity index (χ0) is 13.2. The predicted octanol–water partition coefficient (Wildman–Crippen LogP) is 3.90. The first-order valence-electron chi connectivity index (χ1n) is 5.45. The van der Waals surface area contributed by atoms with Crippen LogP contribution in [0.25, 0.3) is 0 Å². The summed E-state index contributed by atoms with van der Waals surface area (Å²) in [7, 11) is 0. The molecule has 0 aliphatic rings. The minimum atomic E-state index is -1.64. The van der Waals surface area contributed by atoms with E-state index in [1.807, 2.05) is 0 Å². The summed E-state index contributed by atoms with van der Waals surface area (Å²) in [6.07, 6.45) is 1.28. The number of aliphatic hydroxyl groups is 1. The van der Waals surface area contributed by atoms with Gasteiger partial charge in [-0.05, 0) is 12.1 Å². The maximum absolute atomic E-state index is 13.8. The molecule has 0 aromatic heterocycles. The third-order valence-electron chi connectivity index (χ3n) is 2.86. The highest BCUT2D eigenvalue weighted by Gasteiger charge is 2.32. The van der Waals surface area contributed by atoms with Gasteiger partial charge in [-0.3, -0.25) is 0 Å². The lowest BCUT2D eigenvalue weighted by molar-refractivity contribution is 0.130. The Labute approximate surface area is 110 Å². The Bertz CT molecular complexity index is 535. The van der Waals surface area contributed by atoms with Crippen LogP contribution in [0.4, 0.5) is 4.39 Å². The molecule has 18 heavy (non-hydrogen) atoms.